The quantitative estimate of drug-likeness (QED) is 0.216. The molecular formula is C44H54N10O6S. The Morgan fingerprint density at radius 2 is 1.72 bits per heavy atom. The van der Waals surface area contributed by atoms with E-state index in [4.69, 9.17) is 4.98 Å². The summed E-state index contributed by atoms with van der Waals surface area (Å²) >= 11 is 0. The normalized spacial score (nSPS) is 24.1. The van der Waals surface area contributed by atoms with Crippen LogP contribution in [0.15, 0.2) is 47.5 Å². The van der Waals surface area contributed by atoms with Gasteiger partial charge in [0.1, 0.15) is 5.82 Å². The molecule has 0 bridgehead atoms. The number of nitrogens with zero attached hydrogens (tertiary/aromatic N) is 8. The van der Waals surface area contributed by atoms with Crippen LogP contribution in [0.2, 0.25) is 0 Å². The van der Waals surface area contributed by atoms with E-state index >= 15 is 0 Å². The van der Waals surface area contributed by atoms with Crippen LogP contribution in [-0.2, 0) is 38.6 Å². The van der Waals surface area contributed by atoms with Crippen molar-refractivity contribution in [2.75, 3.05) is 47.8 Å². The van der Waals surface area contributed by atoms with Crippen LogP contribution in [0.3, 0.4) is 0 Å². The molecule has 6 heterocycles. The summed E-state index contributed by atoms with van der Waals surface area (Å²) in [6, 6.07) is 11.6. The lowest BCUT2D eigenvalue weighted by atomic mass is 9.89. The van der Waals surface area contributed by atoms with Crippen molar-refractivity contribution in [3.63, 3.8) is 0 Å². The van der Waals surface area contributed by atoms with Gasteiger partial charge in [0.2, 0.25) is 27.8 Å². The fraction of sp³-hybridized carbons (Fsp3) is 0.545. The number of aromatic nitrogens is 4. The van der Waals surface area contributed by atoms with E-state index in [0.29, 0.717) is 73.8 Å². The number of imide groups is 1. The molecule has 2 atom stereocenters. The Labute approximate surface area is 355 Å². The number of carbonyl (C=O) groups is 3. The third-order valence-corrected chi connectivity index (χ3v) is 16.2. The molecule has 4 aromatic rings. The zero-order valence-corrected chi connectivity index (χ0v) is 35.7. The van der Waals surface area contributed by atoms with E-state index in [2.05, 4.69) is 37.7 Å². The molecule has 322 valence electrons. The highest BCUT2D eigenvalue weighted by Gasteiger charge is 2.61. The number of rotatable bonds is 9. The number of hydrogen-bond acceptors (Lipinski definition) is 11. The highest BCUT2D eigenvalue weighted by atomic mass is 32.2. The van der Waals surface area contributed by atoms with Crippen LogP contribution in [0.1, 0.15) is 98.8 Å². The summed E-state index contributed by atoms with van der Waals surface area (Å²) in [7, 11) is -1.86. The summed E-state index contributed by atoms with van der Waals surface area (Å²) < 4.78 is 31.7. The second-order valence-corrected chi connectivity index (χ2v) is 20.0. The average Bonchev–Trinajstić information content (AvgIpc) is 3.94. The van der Waals surface area contributed by atoms with Gasteiger partial charge in [-0.25, -0.2) is 18.2 Å². The molecule has 10 rings (SSSR count). The van der Waals surface area contributed by atoms with Crippen LogP contribution in [0.25, 0.3) is 10.9 Å². The molecule has 1 spiro atoms. The Bertz CT molecular complexity index is 2520. The number of aryl methyl sites for hydroxylation is 2. The van der Waals surface area contributed by atoms with Gasteiger partial charge in [0.05, 0.1) is 21.9 Å². The maximum Gasteiger partial charge on any atom is 0.329 e. The highest BCUT2D eigenvalue weighted by molar-refractivity contribution is 7.89. The van der Waals surface area contributed by atoms with Crippen LogP contribution in [0.5, 0.6) is 0 Å². The van der Waals surface area contributed by atoms with Gasteiger partial charge < -0.3 is 10.4 Å². The molecule has 4 amide bonds. The van der Waals surface area contributed by atoms with Gasteiger partial charge in [0.15, 0.2) is 5.82 Å². The summed E-state index contributed by atoms with van der Waals surface area (Å²) in [6.07, 6.45) is 9.42. The first-order valence-electron chi connectivity index (χ1n) is 21.9. The Kier molecular flexibility index (Phi) is 10.2. The molecule has 3 saturated heterocycles. The first-order chi connectivity index (χ1) is 29.4. The molecule has 61 heavy (non-hydrogen) atoms. The van der Waals surface area contributed by atoms with Crippen molar-refractivity contribution >= 4 is 56.4 Å². The number of amides is 4. The van der Waals surface area contributed by atoms with E-state index in [1.165, 1.54) is 10.5 Å². The average molecular weight is 851 g/mol. The predicted molar refractivity (Wildman–Crippen MR) is 229 cm³/mol. The number of fused-ring (bicyclic) bond motifs is 3. The smallest absolute Gasteiger partial charge is 0.329 e. The zero-order chi connectivity index (χ0) is 42.2. The standard InChI is InChI=1S/C44H54N10O6S/c1-27-6-7-28(26-51-17-10-29(11-18-51)30-8-9-34-36(23-30)50(2)49-39(34)53-21-14-38(56)47-43(53)58)22-37(27)61(59,60)52-19-12-31(13-20-52)46-42-45-25-35-40(48-42)54(41(57)44(35)15-16-44)32-4-3-5-33(55)24-32/h6-9,22-23,25,29,31-33,55H,3-5,10-21,24,26H2,1-2H3,(H,45,46,48)(H,47,56,58)/t32-,33-/m1/s1. The third-order valence-electron chi connectivity index (χ3n) is 14.2. The summed E-state index contributed by atoms with van der Waals surface area (Å²) in [5.74, 6) is 1.86. The number of benzene rings is 2. The van der Waals surface area contributed by atoms with Crippen molar-refractivity contribution in [2.24, 2.45) is 7.05 Å². The molecular weight excluding hydrogens is 797 g/mol. The van der Waals surface area contributed by atoms with Gasteiger partial charge in [-0.2, -0.15) is 14.4 Å². The number of hydrogen-bond donors (Lipinski definition) is 3. The summed E-state index contributed by atoms with van der Waals surface area (Å²) in [5, 5.41) is 21.8. The van der Waals surface area contributed by atoms with Crippen LogP contribution >= 0.6 is 0 Å². The number of piperidine rings is 2. The lowest BCUT2D eigenvalue weighted by molar-refractivity contribution is -0.121. The minimum atomic E-state index is -3.73. The number of urea groups is 1. The number of anilines is 3. The minimum Gasteiger partial charge on any atom is -0.393 e. The lowest BCUT2D eigenvalue weighted by Crippen LogP contribution is -2.49. The second kappa shape index (κ2) is 15.4. The number of aliphatic hydroxyl groups excluding tert-OH is 1. The molecule has 3 N–H and O–H groups in total. The molecule has 5 fully saturated rings. The number of carbonyl (C=O) groups excluding carboxylic acids is 3. The van der Waals surface area contributed by atoms with Crippen molar-refractivity contribution in [2.45, 2.75) is 119 Å². The van der Waals surface area contributed by atoms with Gasteiger partial charge >= 0.3 is 6.03 Å². The van der Waals surface area contributed by atoms with Crippen molar-refractivity contribution in [1.82, 2.24) is 34.3 Å². The van der Waals surface area contributed by atoms with Gasteiger partial charge in [0, 0.05) is 68.9 Å². The Balaban J connectivity index is 0.754. The topological polar surface area (TPSA) is 186 Å². The van der Waals surface area contributed by atoms with Crippen LogP contribution in [0, 0.1) is 6.92 Å². The minimum absolute atomic E-state index is 0.0174. The summed E-state index contributed by atoms with van der Waals surface area (Å²) in [4.78, 5) is 53.6. The molecule has 4 aliphatic heterocycles. The van der Waals surface area contributed by atoms with Gasteiger partial charge in [0.25, 0.3) is 0 Å². The fourth-order valence-corrected chi connectivity index (χ4v) is 12.2. The van der Waals surface area contributed by atoms with E-state index in [1.54, 1.807) is 15.2 Å². The number of aliphatic hydroxyl groups is 1. The van der Waals surface area contributed by atoms with Crippen LogP contribution in [-0.4, -0.2) is 111 Å². The van der Waals surface area contributed by atoms with E-state index in [-0.39, 0.29) is 30.3 Å². The third kappa shape index (κ3) is 7.26. The van der Waals surface area contributed by atoms with Crippen molar-refractivity contribution in [3.8, 4) is 0 Å². The van der Waals surface area contributed by atoms with Gasteiger partial charge in [-0.05, 0) is 125 Å². The van der Waals surface area contributed by atoms with Crippen LogP contribution < -0.4 is 20.4 Å². The van der Waals surface area contributed by atoms with E-state index < -0.39 is 27.6 Å². The van der Waals surface area contributed by atoms with E-state index in [0.717, 1.165) is 85.6 Å². The molecule has 0 radical (unpaired) electrons. The zero-order valence-electron chi connectivity index (χ0n) is 34.8. The monoisotopic (exact) mass is 850 g/mol. The highest BCUT2D eigenvalue weighted by Crippen LogP contribution is 2.57. The van der Waals surface area contributed by atoms with Gasteiger partial charge in [-0.1, -0.05) is 18.2 Å². The summed E-state index contributed by atoms with van der Waals surface area (Å²) in [5.41, 5.74) is 4.27. The Morgan fingerprint density at radius 3 is 2.46 bits per heavy atom. The van der Waals surface area contributed by atoms with Crippen molar-refractivity contribution in [1.29, 1.82) is 0 Å². The fourth-order valence-electron chi connectivity index (χ4n) is 10.5. The maximum atomic E-state index is 14.2. The second-order valence-electron chi connectivity index (χ2n) is 18.1. The molecule has 17 heteroatoms. The van der Waals surface area contributed by atoms with E-state index in [9.17, 15) is 27.9 Å². The lowest BCUT2D eigenvalue weighted by Gasteiger charge is -2.34. The van der Waals surface area contributed by atoms with E-state index in [1.807, 2.05) is 43.1 Å². The molecule has 16 nitrogen and oxygen atoms in total. The molecule has 2 aliphatic carbocycles. The van der Waals surface area contributed by atoms with Crippen LogP contribution in [0.4, 0.5) is 22.4 Å². The molecule has 0 unspecified atom stereocenters. The largest absolute Gasteiger partial charge is 0.393 e. The number of nitrogens with one attached hydrogen (secondary N) is 2. The number of likely N-dealkylation sites (tertiary alicyclic amines) is 1. The first-order valence-corrected chi connectivity index (χ1v) is 23.4. The maximum absolute atomic E-state index is 14.2. The molecule has 2 aromatic carbocycles. The number of sulfonamides is 1. The SMILES string of the molecule is Cc1ccc(CN2CCC(c3ccc4c(N5CCC(=O)NC5=O)nn(C)c4c3)CC2)cc1S(=O)(=O)N1CCC(Nc2ncc3c(n2)N([C@@H]2CCC[C@@H](O)C2)C(=O)C32CC2)CC1. The molecule has 2 saturated carbocycles. The molecule has 2 aromatic heterocycles. The first kappa shape index (κ1) is 40.1. The Morgan fingerprint density at radius 1 is 0.934 bits per heavy atom. The summed E-state index contributed by atoms with van der Waals surface area (Å²) in [6.45, 7) is 5.33. The molecule has 6 aliphatic rings. The van der Waals surface area contributed by atoms with Crippen molar-refractivity contribution in [3.05, 3.63) is 64.8 Å². The Hall–Kier alpha value is -4.97. The predicted octanol–water partition coefficient (Wildman–Crippen LogP) is 4.44. The van der Waals surface area contributed by atoms with Gasteiger partial charge in [-0.3, -0.25) is 34.3 Å². The van der Waals surface area contributed by atoms with Crippen molar-refractivity contribution < 1.29 is 27.9 Å². The van der Waals surface area contributed by atoms with Gasteiger partial charge in [-0.15, -0.1) is 0 Å².